The van der Waals surface area contributed by atoms with Gasteiger partial charge in [-0.2, -0.15) is 0 Å². The van der Waals surface area contributed by atoms with E-state index in [-0.39, 0.29) is 12.5 Å². The molecule has 1 heterocycles. The molecule has 0 aromatic heterocycles. The second-order valence-corrected chi connectivity index (χ2v) is 6.26. The van der Waals surface area contributed by atoms with Gasteiger partial charge in [0.25, 0.3) is 0 Å². The Labute approximate surface area is 147 Å². The number of piperazine rings is 1. The predicted molar refractivity (Wildman–Crippen MR) is 96.3 cm³/mol. The fourth-order valence-corrected chi connectivity index (χ4v) is 2.99. The highest BCUT2D eigenvalue weighted by Gasteiger charge is 2.21. The SMILES string of the molecule is O=C(COCc1ccccc1)N1CCN(c2cccc(Cl)c2)CC1. The average Bonchev–Trinajstić information content (AvgIpc) is 2.63. The van der Waals surface area contributed by atoms with E-state index in [0.717, 1.165) is 29.4 Å². The minimum absolute atomic E-state index is 0.0525. The molecular weight excluding hydrogens is 324 g/mol. The molecule has 1 aliphatic heterocycles. The lowest BCUT2D eigenvalue weighted by Crippen LogP contribution is -2.49. The summed E-state index contributed by atoms with van der Waals surface area (Å²) in [6, 6.07) is 17.7. The zero-order chi connectivity index (χ0) is 16.8. The molecule has 1 saturated heterocycles. The smallest absolute Gasteiger partial charge is 0.248 e. The molecule has 1 amide bonds. The number of nitrogens with zero attached hydrogens (tertiary/aromatic N) is 2. The van der Waals surface area contributed by atoms with E-state index in [1.807, 2.05) is 59.5 Å². The van der Waals surface area contributed by atoms with E-state index in [4.69, 9.17) is 16.3 Å². The number of carbonyl (C=O) groups is 1. The van der Waals surface area contributed by atoms with Gasteiger partial charge >= 0.3 is 0 Å². The molecular formula is C19H21ClN2O2. The maximum atomic E-state index is 12.2. The molecule has 0 atom stereocenters. The van der Waals surface area contributed by atoms with Crippen molar-refractivity contribution in [2.24, 2.45) is 0 Å². The van der Waals surface area contributed by atoms with Crippen molar-refractivity contribution in [3.63, 3.8) is 0 Å². The van der Waals surface area contributed by atoms with Gasteiger partial charge in [-0.1, -0.05) is 48.0 Å². The van der Waals surface area contributed by atoms with Crippen LogP contribution in [0.3, 0.4) is 0 Å². The molecule has 3 rings (SSSR count). The minimum atomic E-state index is 0.0525. The highest BCUT2D eigenvalue weighted by molar-refractivity contribution is 6.30. The Kier molecular flexibility index (Phi) is 5.72. The summed E-state index contributed by atoms with van der Waals surface area (Å²) in [5, 5.41) is 0.736. The summed E-state index contributed by atoms with van der Waals surface area (Å²) in [5.74, 6) is 0.0525. The van der Waals surface area contributed by atoms with Gasteiger partial charge in [0.2, 0.25) is 5.91 Å². The van der Waals surface area contributed by atoms with E-state index in [1.54, 1.807) is 0 Å². The van der Waals surface area contributed by atoms with Gasteiger partial charge in [-0.3, -0.25) is 4.79 Å². The minimum Gasteiger partial charge on any atom is -0.368 e. The van der Waals surface area contributed by atoms with Gasteiger partial charge in [0, 0.05) is 36.9 Å². The van der Waals surface area contributed by atoms with Crippen molar-refractivity contribution in [2.45, 2.75) is 6.61 Å². The van der Waals surface area contributed by atoms with E-state index in [0.29, 0.717) is 19.7 Å². The summed E-state index contributed by atoms with van der Waals surface area (Å²) in [7, 11) is 0. The number of hydrogen-bond donors (Lipinski definition) is 0. The van der Waals surface area contributed by atoms with Crippen LogP contribution in [0.4, 0.5) is 5.69 Å². The number of benzene rings is 2. The lowest BCUT2D eigenvalue weighted by atomic mass is 10.2. The number of rotatable bonds is 5. The Hall–Kier alpha value is -2.04. The van der Waals surface area contributed by atoms with Crippen LogP contribution in [-0.2, 0) is 16.1 Å². The van der Waals surface area contributed by atoms with Gasteiger partial charge in [-0.25, -0.2) is 0 Å². The van der Waals surface area contributed by atoms with Gasteiger partial charge in [0.1, 0.15) is 6.61 Å². The number of carbonyl (C=O) groups excluding carboxylic acids is 1. The lowest BCUT2D eigenvalue weighted by Gasteiger charge is -2.36. The van der Waals surface area contributed by atoms with Gasteiger partial charge in [0.15, 0.2) is 0 Å². The van der Waals surface area contributed by atoms with Crippen LogP contribution in [0.1, 0.15) is 5.56 Å². The van der Waals surface area contributed by atoms with E-state index in [9.17, 15) is 4.79 Å². The van der Waals surface area contributed by atoms with Crippen molar-refractivity contribution in [3.8, 4) is 0 Å². The van der Waals surface area contributed by atoms with Crippen molar-refractivity contribution in [1.29, 1.82) is 0 Å². The average molecular weight is 345 g/mol. The standard InChI is InChI=1S/C19H21ClN2O2/c20-17-7-4-8-18(13-17)21-9-11-22(12-10-21)19(23)15-24-14-16-5-2-1-3-6-16/h1-8,13H,9-12,14-15H2. The Morgan fingerprint density at radius 1 is 1.00 bits per heavy atom. The predicted octanol–water partition coefficient (Wildman–Crippen LogP) is 3.21. The monoisotopic (exact) mass is 344 g/mol. The molecule has 0 unspecified atom stereocenters. The van der Waals surface area contributed by atoms with Crippen molar-refractivity contribution < 1.29 is 9.53 Å². The van der Waals surface area contributed by atoms with Crippen LogP contribution < -0.4 is 4.90 Å². The third-order valence-electron chi connectivity index (χ3n) is 4.14. The fourth-order valence-electron chi connectivity index (χ4n) is 2.81. The van der Waals surface area contributed by atoms with Gasteiger partial charge in [0.05, 0.1) is 6.61 Å². The summed E-state index contributed by atoms with van der Waals surface area (Å²) in [6.07, 6.45) is 0. The molecule has 2 aromatic carbocycles. The number of amides is 1. The zero-order valence-corrected chi connectivity index (χ0v) is 14.3. The molecule has 2 aromatic rings. The number of anilines is 1. The Bertz CT molecular complexity index is 670. The Morgan fingerprint density at radius 2 is 1.75 bits per heavy atom. The summed E-state index contributed by atoms with van der Waals surface area (Å²) in [4.78, 5) is 16.4. The number of halogens is 1. The molecule has 5 heteroatoms. The van der Waals surface area contributed by atoms with Crippen LogP contribution in [0.25, 0.3) is 0 Å². The Morgan fingerprint density at radius 3 is 2.46 bits per heavy atom. The van der Waals surface area contributed by atoms with E-state index in [1.165, 1.54) is 0 Å². The van der Waals surface area contributed by atoms with Crippen LogP contribution in [0.15, 0.2) is 54.6 Å². The summed E-state index contributed by atoms with van der Waals surface area (Å²) >= 11 is 6.04. The first-order chi connectivity index (χ1) is 11.7. The zero-order valence-electron chi connectivity index (χ0n) is 13.5. The first kappa shape index (κ1) is 16.8. The molecule has 0 aliphatic carbocycles. The topological polar surface area (TPSA) is 32.8 Å². The molecule has 1 fully saturated rings. The maximum absolute atomic E-state index is 12.2. The van der Waals surface area contributed by atoms with Crippen LogP contribution in [0, 0.1) is 0 Å². The van der Waals surface area contributed by atoms with Crippen LogP contribution in [0.2, 0.25) is 5.02 Å². The van der Waals surface area contributed by atoms with Crippen molar-refractivity contribution in [1.82, 2.24) is 4.90 Å². The molecule has 4 nitrogen and oxygen atoms in total. The third kappa shape index (κ3) is 4.49. The molecule has 1 aliphatic rings. The third-order valence-corrected chi connectivity index (χ3v) is 4.38. The van der Waals surface area contributed by atoms with Crippen molar-refractivity contribution in [2.75, 3.05) is 37.7 Å². The Balaban J connectivity index is 1.43. The van der Waals surface area contributed by atoms with Crippen molar-refractivity contribution in [3.05, 3.63) is 65.2 Å². The van der Waals surface area contributed by atoms with Gasteiger partial charge in [-0.15, -0.1) is 0 Å². The van der Waals surface area contributed by atoms with E-state index < -0.39 is 0 Å². The highest BCUT2D eigenvalue weighted by Crippen LogP contribution is 2.20. The van der Waals surface area contributed by atoms with E-state index in [2.05, 4.69) is 4.90 Å². The second kappa shape index (κ2) is 8.18. The van der Waals surface area contributed by atoms with Crippen LogP contribution >= 0.6 is 11.6 Å². The van der Waals surface area contributed by atoms with E-state index >= 15 is 0 Å². The first-order valence-corrected chi connectivity index (χ1v) is 8.50. The quantitative estimate of drug-likeness (QED) is 0.835. The molecule has 0 saturated carbocycles. The summed E-state index contributed by atoms with van der Waals surface area (Å²) < 4.78 is 5.54. The maximum Gasteiger partial charge on any atom is 0.248 e. The summed E-state index contributed by atoms with van der Waals surface area (Å²) in [5.41, 5.74) is 2.19. The first-order valence-electron chi connectivity index (χ1n) is 8.12. The molecule has 0 spiro atoms. The fraction of sp³-hybridized carbons (Fsp3) is 0.316. The molecule has 126 valence electrons. The highest BCUT2D eigenvalue weighted by atomic mass is 35.5. The number of ether oxygens (including phenoxy) is 1. The van der Waals surface area contributed by atoms with Gasteiger partial charge < -0.3 is 14.5 Å². The second-order valence-electron chi connectivity index (χ2n) is 5.83. The van der Waals surface area contributed by atoms with Crippen LogP contribution in [0.5, 0.6) is 0 Å². The van der Waals surface area contributed by atoms with Gasteiger partial charge in [-0.05, 0) is 23.8 Å². The number of hydrogen-bond acceptors (Lipinski definition) is 3. The lowest BCUT2D eigenvalue weighted by molar-refractivity contribution is -0.136. The molecule has 0 radical (unpaired) electrons. The van der Waals surface area contributed by atoms with Crippen molar-refractivity contribution >= 4 is 23.2 Å². The molecule has 0 bridgehead atoms. The summed E-state index contributed by atoms with van der Waals surface area (Å²) in [6.45, 7) is 3.64. The normalized spacial score (nSPS) is 14.7. The van der Waals surface area contributed by atoms with Crippen LogP contribution in [-0.4, -0.2) is 43.6 Å². The largest absolute Gasteiger partial charge is 0.368 e. The molecule has 24 heavy (non-hydrogen) atoms. The molecule has 0 N–H and O–H groups in total.